The van der Waals surface area contributed by atoms with Gasteiger partial charge in [0.2, 0.25) is 0 Å². The monoisotopic (exact) mass is 345 g/mol. The number of hydrogen-bond acceptors (Lipinski definition) is 1. The minimum Gasteiger partial charge on any atom is -0.247 e. The van der Waals surface area contributed by atoms with Gasteiger partial charge in [-0.25, -0.2) is 4.98 Å². The second-order valence-corrected chi connectivity index (χ2v) is 7.79. The summed E-state index contributed by atoms with van der Waals surface area (Å²) < 4.78 is 0. The number of benzene rings is 5. The van der Waals surface area contributed by atoms with E-state index in [1.165, 1.54) is 48.7 Å². The summed E-state index contributed by atoms with van der Waals surface area (Å²) in [6.07, 6.45) is 0. The first kappa shape index (κ1) is 14.9. The number of para-hydroxylation sites is 1. The van der Waals surface area contributed by atoms with Crippen molar-refractivity contribution >= 4 is 54.1 Å². The molecular weight excluding hydrogens is 326 g/mol. The first-order valence-corrected chi connectivity index (χ1v) is 9.62. The fourth-order valence-electron chi connectivity index (χ4n) is 4.78. The highest BCUT2D eigenvalue weighted by Gasteiger charge is 2.17. The molecule has 0 atom stereocenters. The fraction of sp³-hybridized carbons (Fsp3) is 0.115. The third-order valence-electron chi connectivity index (χ3n) is 5.95. The van der Waals surface area contributed by atoms with E-state index in [2.05, 4.69) is 86.6 Å². The second kappa shape index (κ2) is 5.17. The summed E-state index contributed by atoms with van der Waals surface area (Å²) in [6, 6.07) is 26.5. The lowest BCUT2D eigenvalue weighted by Crippen LogP contribution is -1.95. The smallest absolute Gasteiger partial charge is 0.0750 e. The Morgan fingerprint density at radius 1 is 0.593 bits per heavy atom. The van der Waals surface area contributed by atoms with Crippen LogP contribution in [0.5, 0.6) is 0 Å². The summed E-state index contributed by atoms with van der Waals surface area (Å²) in [6.45, 7) is 4.50. The summed E-state index contributed by atoms with van der Waals surface area (Å²) in [5.74, 6) is 0.445. The third-order valence-corrected chi connectivity index (χ3v) is 5.95. The molecule has 0 saturated carbocycles. The molecule has 0 aliphatic heterocycles. The zero-order chi connectivity index (χ0) is 18.1. The summed E-state index contributed by atoms with van der Waals surface area (Å²) >= 11 is 0. The Kier molecular flexibility index (Phi) is 2.86. The van der Waals surface area contributed by atoms with Gasteiger partial charge in [0, 0.05) is 16.2 Å². The predicted molar refractivity (Wildman–Crippen MR) is 117 cm³/mol. The van der Waals surface area contributed by atoms with Crippen LogP contribution in [0, 0.1) is 0 Å². The Labute approximate surface area is 157 Å². The van der Waals surface area contributed by atoms with E-state index in [0.717, 1.165) is 11.0 Å². The number of aromatic nitrogens is 1. The largest absolute Gasteiger partial charge is 0.247 e. The van der Waals surface area contributed by atoms with Crippen molar-refractivity contribution < 1.29 is 0 Å². The van der Waals surface area contributed by atoms with Crippen molar-refractivity contribution in [1.82, 2.24) is 4.98 Å². The van der Waals surface area contributed by atoms with E-state index < -0.39 is 0 Å². The maximum atomic E-state index is 5.14. The van der Waals surface area contributed by atoms with E-state index in [4.69, 9.17) is 4.98 Å². The van der Waals surface area contributed by atoms with Gasteiger partial charge in [-0.15, -0.1) is 0 Å². The van der Waals surface area contributed by atoms with Crippen molar-refractivity contribution in [3.05, 3.63) is 78.4 Å². The second-order valence-electron chi connectivity index (χ2n) is 7.79. The topological polar surface area (TPSA) is 12.9 Å². The lowest BCUT2D eigenvalue weighted by atomic mass is 9.88. The zero-order valence-corrected chi connectivity index (χ0v) is 15.5. The summed E-state index contributed by atoms with van der Waals surface area (Å²) in [7, 11) is 0. The number of pyridine rings is 1. The molecule has 0 aliphatic carbocycles. The molecule has 6 aromatic rings. The SMILES string of the molecule is CC(C)c1cccc2c1nc1cccc3c4cccc5cccc(c54)c2c13. The zero-order valence-electron chi connectivity index (χ0n) is 15.5. The molecule has 0 fully saturated rings. The molecule has 0 bridgehead atoms. The van der Waals surface area contributed by atoms with Gasteiger partial charge in [-0.05, 0) is 44.5 Å². The van der Waals surface area contributed by atoms with E-state index in [9.17, 15) is 0 Å². The molecule has 0 spiro atoms. The molecule has 6 rings (SSSR count). The van der Waals surface area contributed by atoms with Gasteiger partial charge in [0.25, 0.3) is 0 Å². The van der Waals surface area contributed by atoms with Crippen molar-refractivity contribution in [3.63, 3.8) is 0 Å². The van der Waals surface area contributed by atoms with Gasteiger partial charge in [0.1, 0.15) is 0 Å². The quantitative estimate of drug-likeness (QED) is 0.223. The number of hydrogen-bond donors (Lipinski definition) is 0. The molecule has 1 nitrogen and oxygen atoms in total. The highest BCUT2D eigenvalue weighted by molar-refractivity contribution is 6.37. The molecule has 1 heterocycles. The molecule has 5 aromatic carbocycles. The van der Waals surface area contributed by atoms with Crippen LogP contribution >= 0.6 is 0 Å². The van der Waals surface area contributed by atoms with Gasteiger partial charge >= 0.3 is 0 Å². The van der Waals surface area contributed by atoms with E-state index in [1.807, 2.05) is 0 Å². The standard InChI is InChI=1S/C26H19N/c1-15(2)17-9-5-13-21-24-20-12-4-8-16-7-3-10-18(23(16)20)19-11-6-14-22(25(19)24)27-26(17)21/h3-15H,1-2H3. The van der Waals surface area contributed by atoms with Gasteiger partial charge in [0.15, 0.2) is 0 Å². The van der Waals surface area contributed by atoms with E-state index in [-0.39, 0.29) is 0 Å². The van der Waals surface area contributed by atoms with E-state index in [0.29, 0.717) is 5.92 Å². The minimum absolute atomic E-state index is 0.445. The molecule has 0 saturated heterocycles. The molecule has 0 unspecified atom stereocenters. The van der Waals surface area contributed by atoms with Gasteiger partial charge in [-0.1, -0.05) is 80.6 Å². The van der Waals surface area contributed by atoms with Crippen LogP contribution < -0.4 is 0 Å². The summed E-state index contributed by atoms with van der Waals surface area (Å²) in [4.78, 5) is 5.14. The first-order valence-electron chi connectivity index (χ1n) is 9.62. The molecule has 0 amide bonds. The van der Waals surface area contributed by atoms with Crippen molar-refractivity contribution in [1.29, 1.82) is 0 Å². The average Bonchev–Trinajstić information content (AvgIpc) is 2.70. The van der Waals surface area contributed by atoms with Crippen molar-refractivity contribution in [3.8, 4) is 0 Å². The van der Waals surface area contributed by atoms with Crippen LogP contribution in [0.1, 0.15) is 25.3 Å². The van der Waals surface area contributed by atoms with Crippen LogP contribution in [0.2, 0.25) is 0 Å². The maximum Gasteiger partial charge on any atom is 0.0750 e. The van der Waals surface area contributed by atoms with Crippen LogP contribution in [0.4, 0.5) is 0 Å². The molecule has 0 radical (unpaired) electrons. The van der Waals surface area contributed by atoms with Gasteiger partial charge in [-0.3, -0.25) is 0 Å². The summed E-state index contributed by atoms with van der Waals surface area (Å²) in [5.41, 5.74) is 3.56. The Balaban J connectivity index is 2.05. The first-order chi connectivity index (χ1) is 13.2. The minimum atomic E-state index is 0.445. The normalized spacial score (nSPS) is 12.4. The van der Waals surface area contributed by atoms with Crippen LogP contribution in [-0.2, 0) is 0 Å². The van der Waals surface area contributed by atoms with Gasteiger partial charge in [0.05, 0.1) is 11.0 Å². The van der Waals surface area contributed by atoms with E-state index >= 15 is 0 Å². The number of nitrogens with zero attached hydrogens (tertiary/aromatic N) is 1. The van der Waals surface area contributed by atoms with Crippen LogP contribution in [-0.4, -0.2) is 4.98 Å². The predicted octanol–water partition coefficient (Wildman–Crippen LogP) is 7.41. The fourth-order valence-corrected chi connectivity index (χ4v) is 4.78. The lowest BCUT2D eigenvalue weighted by Gasteiger charge is -2.17. The van der Waals surface area contributed by atoms with Crippen molar-refractivity contribution in [2.24, 2.45) is 0 Å². The van der Waals surface area contributed by atoms with Crippen molar-refractivity contribution in [2.45, 2.75) is 19.8 Å². The van der Waals surface area contributed by atoms with E-state index in [1.54, 1.807) is 0 Å². The van der Waals surface area contributed by atoms with Crippen LogP contribution in [0.3, 0.4) is 0 Å². The molecule has 1 heteroatoms. The highest BCUT2D eigenvalue weighted by Crippen LogP contribution is 2.43. The van der Waals surface area contributed by atoms with Crippen LogP contribution in [0.25, 0.3) is 54.1 Å². The number of fused-ring (bicyclic) bond motifs is 4. The molecule has 128 valence electrons. The average molecular weight is 345 g/mol. The Morgan fingerprint density at radius 2 is 1.22 bits per heavy atom. The number of rotatable bonds is 1. The third kappa shape index (κ3) is 1.86. The van der Waals surface area contributed by atoms with Gasteiger partial charge in [-0.2, -0.15) is 0 Å². The van der Waals surface area contributed by atoms with Gasteiger partial charge < -0.3 is 0 Å². The highest BCUT2D eigenvalue weighted by atomic mass is 14.7. The van der Waals surface area contributed by atoms with Crippen molar-refractivity contribution in [2.75, 3.05) is 0 Å². The Morgan fingerprint density at radius 3 is 2.00 bits per heavy atom. The molecule has 1 aromatic heterocycles. The summed E-state index contributed by atoms with van der Waals surface area (Å²) in [5, 5.41) is 10.5. The molecule has 0 N–H and O–H groups in total. The Hall–Kier alpha value is -3.19. The molecule has 27 heavy (non-hydrogen) atoms. The molecule has 0 aliphatic rings. The van der Waals surface area contributed by atoms with Crippen LogP contribution in [0.15, 0.2) is 72.8 Å². The molecular formula is C26H19N. The lowest BCUT2D eigenvalue weighted by molar-refractivity contribution is 0.873. The Bertz CT molecular complexity index is 1490. The maximum absolute atomic E-state index is 5.14.